The third-order valence-electron chi connectivity index (χ3n) is 3.79. The van der Waals surface area contributed by atoms with E-state index < -0.39 is 0 Å². The van der Waals surface area contributed by atoms with Crippen molar-refractivity contribution in [2.45, 2.75) is 39.2 Å². The average Bonchev–Trinajstić information content (AvgIpc) is 2.90. The normalized spacial score (nSPS) is 12.5. The summed E-state index contributed by atoms with van der Waals surface area (Å²) >= 11 is 0. The van der Waals surface area contributed by atoms with Crippen molar-refractivity contribution in [3.05, 3.63) is 36.0 Å². The lowest BCUT2D eigenvalue weighted by Crippen LogP contribution is -2.34. The molecule has 21 heavy (non-hydrogen) atoms. The van der Waals surface area contributed by atoms with Crippen LogP contribution >= 0.6 is 0 Å². The summed E-state index contributed by atoms with van der Waals surface area (Å²) in [6.07, 6.45) is 4.55. The molecule has 0 radical (unpaired) electrons. The molecule has 1 amide bonds. The first-order chi connectivity index (χ1) is 10.2. The van der Waals surface area contributed by atoms with Crippen LogP contribution in [0.4, 0.5) is 0 Å². The number of hydrogen-bond acceptors (Lipinski definition) is 2. The molecule has 1 unspecified atom stereocenters. The number of H-pyrrole nitrogens is 1. The molecule has 1 aromatic carbocycles. The Kier molecular flexibility index (Phi) is 5.81. The third kappa shape index (κ3) is 4.60. The lowest BCUT2D eigenvalue weighted by molar-refractivity contribution is -0.121. The van der Waals surface area contributed by atoms with Gasteiger partial charge in [-0.05, 0) is 37.9 Å². The zero-order valence-electron chi connectivity index (χ0n) is 12.9. The van der Waals surface area contributed by atoms with E-state index in [-0.39, 0.29) is 11.9 Å². The van der Waals surface area contributed by atoms with E-state index >= 15 is 0 Å². The molecule has 0 aliphatic heterocycles. The van der Waals surface area contributed by atoms with Gasteiger partial charge in [0.1, 0.15) is 0 Å². The molecule has 4 nitrogen and oxygen atoms in total. The minimum atomic E-state index is 0.129. The van der Waals surface area contributed by atoms with Crippen LogP contribution in [-0.2, 0) is 11.2 Å². The number of aromatic nitrogens is 1. The summed E-state index contributed by atoms with van der Waals surface area (Å²) < 4.78 is 0. The van der Waals surface area contributed by atoms with E-state index in [9.17, 15) is 4.79 Å². The van der Waals surface area contributed by atoms with Crippen LogP contribution in [0, 0.1) is 0 Å². The molecule has 0 saturated heterocycles. The van der Waals surface area contributed by atoms with Gasteiger partial charge in [-0.25, -0.2) is 0 Å². The van der Waals surface area contributed by atoms with E-state index in [0.717, 1.165) is 25.9 Å². The lowest BCUT2D eigenvalue weighted by Gasteiger charge is -2.11. The number of amides is 1. The van der Waals surface area contributed by atoms with Crippen molar-refractivity contribution in [3.63, 3.8) is 0 Å². The molecule has 114 valence electrons. The summed E-state index contributed by atoms with van der Waals surface area (Å²) in [5.41, 5.74) is 2.50. The van der Waals surface area contributed by atoms with Crippen LogP contribution in [-0.4, -0.2) is 30.0 Å². The molecule has 4 heteroatoms. The molecule has 2 rings (SSSR count). The zero-order chi connectivity index (χ0) is 15.1. The Morgan fingerprint density at radius 2 is 2.10 bits per heavy atom. The zero-order valence-corrected chi connectivity index (χ0v) is 12.9. The highest BCUT2D eigenvalue weighted by Crippen LogP contribution is 2.17. The second kappa shape index (κ2) is 7.84. The van der Waals surface area contributed by atoms with E-state index in [4.69, 9.17) is 0 Å². The fourth-order valence-electron chi connectivity index (χ4n) is 2.34. The molecule has 0 spiro atoms. The van der Waals surface area contributed by atoms with Crippen molar-refractivity contribution in [1.82, 2.24) is 15.6 Å². The van der Waals surface area contributed by atoms with E-state index in [0.29, 0.717) is 6.42 Å². The predicted octanol–water partition coefficient (Wildman–Crippen LogP) is 2.60. The van der Waals surface area contributed by atoms with E-state index in [1.807, 2.05) is 13.0 Å². The standard InChI is InChI=1S/C17H25N3O/c1-3-13(2)20-17(21)9-11-18-10-8-14-12-19-16-7-5-4-6-15(14)16/h4-7,12-13,18-19H,3,8-11H2,1-2H3,(H,20,21). The largest absolute Gasteiger partial charge is 0.361 e. The number of aromatic amines is 1. The fourth-order valence-corrected chi connectivity index (χ4v) is 2.34. The lowest BCUT2D eigenvalue weighted by atomic mass is 10.1. The molecular formula is C17H25N3O. The molecule has 0 bridgehead atoms. The maximum absolute atomic E-state index is 11.6. The molecule has 3 N–H and O–H groups in total. The average molecular weight is 287 g/mol. The van der Waals surface area contributed by atoms with Crippen molar-refractivity contribution < 1.29 is 4.79 Å². The van der Waals surface area contributed by atoms with Crippen LogP contribution in [0.2, 0.25) is 0 Å². The summed E-state index contributed by atoms with van der Waals surface area (Å²) in [4.78, 5) is 14.9. The summed E-state index contributed by atoms with van der Waals surface area (Å²) in [6.45, 7) is 5.72. The Bertz CT molecular complexity index is 576. The number of rotatable bonds is 8. The number of carbonyl (C=O) groups excluding carboxylic acids is 1. The Morgan fingerprint density at radius 1 is 1.29 bits per heavy atom. The van der Waals surface area contributed by atoms with E-state index in [1.165, 1.54) is 16.5 Å². The molecule has 1 atom stereocenters. The molecule has 0 fully saturated rings. The Hall–Kier alpha value is -1.81. The van der Waals surface area contributed by atoms with Crippen molar-refractivity contribution in [2.75, 3.05) is 13.1 Å². The second-order valence-corrected chi connectivity index (χ2v) is 5.49. The van der Waals surface area contributed by atoms with Gasteiger partial charge in [-0.15, -0.1) is 0 Å². The van der Waals surface area contributed by atoms with E-state index in [2.05, 4.69) is 46.9 Å². The van der Waals surface area contributed by atoms with Gasteiger partial charge in [-0.1, -0.05) is 25.1 Å². The van der Waals surface area contributed by atoms with E-state index in [1.54, 1.807) is 0 Å². The molecule has 0 aliphatic carbocycles. The maximum atomic E-state index is 11.6. The molecule has 2 aromatic rings. The predicted molar refractivity (Wildman–Crippen MR) is 87.4 cm³/mol. The summed E-state index contributed by atoms with van der Waals surface area (Å²) in [7, 11) is 0. The van der Waals surface area contributed by atoms with Gasteiger partial charge < -0.3 is 15.6 Å². The van der Waals surface area contributed by atoms with Crippen LogP contribution in [0.15, 0.2) is 30.5 Å². The first-order valence-electron chi connectivity index (χ1n) is 7.75. The van der Waals surface area contributed by atoms with Crippen LogP contribution < -0.4 is 10.6 Å². The summed E-state index contributed by atoms with van der Waals surface area (Å²) in [5, 5.41) is 7.60. The minimum absolute atomic E-state index is 0.129. The van der Waals surface area contributed by atoms with Crippen molar-refractivity contribution in [3.8, 4) is 0 Å². The van der Waals surface area contributed by atoms with Gasteiger partial charge in [0.05, 0.1) is 0 Å². The number of fused-ring (bicyclic) bond motifs is 1. The highest BCUT2D eigenvalue weighted by molar-refractivity contribution is 5.83. The minimum Gasteiger partial charge on any atom is -0.361 e. The van der Waals surface area contributed by atoms with Gasteiger partial charge in [0.25, 0.3) is 0 Å². The van der Waals surface area contributed by atoms with Crippen molar-refractivity contribution in [2.24, 2.45) is 0 Å². The fraction of sp³-hybridized carbons (Fsp3) is 0.471. The Labute approximate surface area is 126 Å². The van der Waals surface area contributed by atoms with Gasteiger partial charge in [0.15, 0.2) is 0 Å². The summed E-state index contributed by atoms with van der Waals surface area (Å²) in [5.74, 6) is 0.129. The molecule has 1 aromatic heterocycles. The quantitative estimate of drug-likeness (QED) is 0.654. The van der Waals surface area contributed by atoms with Crippen LogP contribution in [0.3, 0.4) is 0 Å². The highest BCUT2D eigenvalue weighted by atomic mass is 16.1. The smallest absolute Gasteiger partial charge is 0.221 e. The van der Waals surface area contributed by atoms with Gasteiger partial charge >= 0.3 is 0 Å². The Balaban J connectivity index is 1.67. The summed E-state index contributed by atoms with van der Waals surface area (Å²) in [6, 6.07) is 8.60. The third-order valence-corrected chi connectivity index (χ3v) is 3.79. The number of benzene rings is 1. The number of carbonyl (C=O) groups is 1. The van der Waals surface area contributed by atoms with Crippen molar-refractivity contribution >= 4 is 16.8 Å². The second-order valence-electron chi connectivity index (χ2n) is 5.49. The molecule has 0 saturated carbocycles. The topological polar surface area (TPSA) is 56.9 Å². The SMILES string of the molecule is CCC(C)NC(=O)CCNCCc1c[nH]c2ccccc12. The monoisotopic (exact) mass is 287 g/mol. The van der Waals surface area contributed by atoms with Gasteiger partial charge in [0, 0.05) is 36.1 Å². The van der Waals surface area contributed by atoms with Gasteiger partial charge in [-0.2, -0.15) is 0 Å². The molecule has 0 aliphatic rings. The first kappa shape index (κ1) is 15.6. The van der Waals surface area contributed by atoms with Crippen molar-refractivity contribution in [1.29, 1.82) is 0 Å². The van der Waals surface area contributed by atoms with Gasteiger partial charge in [-0.3, -0.25) is 4.79 Å². The Morgan fingerprint density at radius 3 is 2.90 bits per heavy atom. The molecular weight excluding hydrogens is 262 g/mol. The number of nitrogens with one attached hydrogen (secondary N) is 3. The number of hydrogen-bond donors (Lipinski definition) is 3. The maximum Gasteiger partial charge on any atom is 0.221 e. The number of para-hydroxylation sites is 1. The van der Waals surface area contributed by atoms with Crippen LogP contribution in [0.25, 0.3) is 10.9 Å². The van der Waals surface area contributed by atoms with Crippen LogP contribution in [0.1, 0.15) is 32.3 Å². The van der Waals surface area contributed by atoms with Crippen LogP contribution in [0.5, 0.6) is 0 Å². The first-order valence-corrected chi connectivity index (χ1v) is 7.75. The highest BCUT2D eigenvalue weighted by Gasteiger charge is 2.05. The van der Waals surface area contributed by atoms with Gasteiger partial charge in [0.2, 0.25) is 5.91 Å². The molecule has 1 heterocycles.